The molecule has 1 amide bonds. The van der Waals surface area contributed by atoms with Crippen LogP contribution in [-0.2, 0) is 0 Å². The van der Waals surface area contributed by atoms with Crippen molar-refractivity contribution in [2.45, 2.75) is 18.9 Å². The number of likely N-dealkylation sites (tertiary alicyclic amines) is 1. The zero-order valence-corrected chi connectivity index (χ0v) is 15.6. The van der Waals surface area contributed by atoms with Crippen molar-refractivity contribution >= 4 is 17.2 Å². The van der Waals surface area contributed by atoms with Crippen LogP contribution in [0.15, 0.2) is 35.8 Å². The first-order valence-corrected chi connectivity index (χ1v) is 9.53. The van der Waals surface area contributed by atoms with E-state index in [0.29, 0.717) is 29.7 Å². The van der Waals surface area contributed by atoms with E-state index in [9.17, 15) is 4.79 Å². The average Bonchev–Trinajstić information content (AvgIpc) is 3.40. The highest BCUT2D eigenvalue weighted by Gasteiger charge is 2.26. The molecule has 1 aliphatic rings. The predicted octanol–water partition coefficient (Wildman–Crippen LogP) is 2.62. The highest BCUT2D eigenvalue weighted by atomic mass is 32.1. The molecule has 0 atom stereocenters. The van der Waals surface area contributed by atoms with Gasteiger partial charge < -0.3 is 14.4 Å². The van der Waals surface area contributed by atoms with Gasteiger partial charge in [0.15, 0.2) is 0 Å². The maximum absolute atomic E-state index is 12.8. The number of carbonyl (C=O) groups is 1. The molecule has 27 heavy (non-hydrogen) atoms. The van der Waals surface area contributed by atoms with Crippen molar-refractivity contribution in [3.63, 3.8) is 0 Å². The lowest BCUT2D eigenvalue weighted by atomic mass is 10.1. The van der Waals surface area contributed by atoms with Crippen LogP contribution in [0.3, 0.4) is 0 Å². The lowest BCUT2D eigenvalue weighted by molar-refractivity contribution is 0.0588. The molecule has 0 radical (unpaired) electrons. The number of piperidine rings is 1. The highest BCUT2D eigenvalue weighted by Crippen LogP contribution is 2.29. The van der Waals surface area contributed by atoms with Crippen molar-refractivity contribution in [2.75, 3.05) is 20.2 Å². The van der Waals surface area contributed by atoms with Crippen molar-refractivity contribution in [3.05, 3.63) is 41.5 Å². The van der Waals surface area contributed by atoms with Gasteiger partial charge in [-0.3, -0.25) is 9.89 Å². The lowest BCUT2D eigenvalue weighted by Crippen LogP contribution is -2.41. The summed E-state index contributed by atoms with van der Waals surface area (Å²) in [4.78, 5) is 14.6. The third-order valence-electron chi connectivity index (χ3n) is 4.53. The van der Waals surface area contributed by atoms with Gasteiger partial charge in [0, 0.05) is 31.5 Å². The number of benzene rings is 1. The highest BCUT2D eigenvalue weighted by molar-refractivity contribution is 7.11. The number of nitrogens with one attached hydrogen (secondary N) is 1. The molecule has 1 aliphatic heterocycles. The number of amides is 1. The molecule has 4 rings (SSSR count). The zero-order chi connectivity index (χ0) is 18.6. The molecule has 3 aromatic rings. The summed E-state index contributed by atoms with van der Waals surface area (Å²) in [5, 5.41) is 15.4. The second-order valence-corrected chi connectivity index (χ2v) is 6.98. The van der Waals surface area contributed by atoms with E-state index in [1.54, 1.807) is 18.7 Å². The number of carbonyl (C=O) groups excluding carboxylic acids is 1. The van der Waals surface area contributed by atoms with Crippen LogP contribution in [0.25, 0.3) is 11.3 Å². The van der Waals surface area contributed by atoms with Gasteiger partial charge in [0.1, 0.15) is 23.1 Å². The maximum Gasteiger partial charge on any atom is 0.294 e. The van der Waals surface area contributed by atoms with Crippen LogP contribution in [0.5, 0.6) is 10.9 Å². The molecule has 1 fully saturated rings. The smallest absolute Gasteiger partial charge is 0.294 e. The molecule has 2 aromatic heterocycles. The molecule has 0 aliphatic carbocycles. The van der Waals surface area contributed by atoms with E-state index in [1.807, 2.05) is 29.2 Å². The molecule has 0 bridgehead atoms. The fourth-order valence-electron chi connectivity index (χ4n) is 3.13. The summed E-state index contributed by atoms with van der Waals surface area (Å²) in [6.07, 6.45) is 1.59. The Labute approximate surface area is 160 Å². The number of aromatic nitrogens is 4. The van der Waals surface area contributed by atoms with Gasteiger partial charge in [-0.2, -0.15) is 5.10 Å². The normalized spacial score (nSPS) is 14.9. The molecule has 3 heterocycles. The molecule has 0 spiro atoms. The van der Waals surface area contributed by atoms with Crippen molar-refractivity contribution in [2.24, 2.45) is 0 Å². The minimum Gasteiger partial charge on any atom is -0.496 e. The first-order chi connectivity index (χ1) is 13.2. The Morgan fingerprint density at radius 1 is 1.30 bits per heavy atom. The Kier molecular flexibility index (Phi) is 5.01. The second-order valence-electron chi connectivity index (χ2n) is 6.18. The van der Waals surface area contributed by atoms with Crippen molar-refractivity contribution < 1.29 is 14.3 Å². The van der Waals surface area contributed by atoms with Gasteiger partial charge in [-0.05, 0) is 18.2 Å². The Balaban J connectivity index is 1.40. The summed E-state index contributed by atoms with van der Waals surface area (Å²) in [7, 11) is 1.62. The summed E-state index contributed by atoms with van der Waals surface area (Å²) in [6, 6.07) is 9.36. The molecule has 0 saturated carbocycles. The van der Waals surface area contributed by atoms with Crippen molar-refractivity contribution in [1.29, 1.82) is 0 Å². The topological polar surface area (TPSA) is 93.2 Å². The van der Waals surface area contributed by atoms with E-state index in [1.165, 1.54) is 11.3 Å². The van der Waals surface area contributed by atoms with Gasteiger partial charge in [-0.25, -0.2) is 0 Å². The zero-order valence-electron chi connectivity index (χ0n) is 14.8. The molecule has 8 nitrogen and oxygen atoms in total. The molecule has 0 unspecified atom stereocenters. The van der Waals surface area contributed by atoms with Crippen molar-refractivity contribution in [1.82, 2.24) is 25.3 Å². The summed E-state index contributed by atoms with van der Waals surface area (Å²) < 4.78 is 11.2. The number of methoxy groups -OCH3 is 1. The Morgan fingerprint density at radius 3 is 2.85 bits per heavy atom. The fraction of sp³-hybridized carbons (Fsp3) is 0.333. The molecular formula is C18H19N5O3S. The van der Waals surface area contributed by atoms with E-state index in [0.717, 1.165) is 24.2 Å². The van der Waals surface area contributed by atoms with Gasteiger partial charge in [0.2, 0.25) is 0 Å². The monoisotopic (exact) mass is 385 g/mol. The van der Waals surface area contributed by atoms with Crippen LogP contribution < -0.4 is 9.47 Å². The van der Waals surface area contributed by atoms with Crippen LogP contribution in [0.2, 0.25) is 0 Å². The molecule has 1 aromatic carbocycles. The fourth-order valence-corrected chi connectivity index (χ4v) is 3.60. The Bertz CT molecular complexity index is 903. The Hall–Kier alpha value is -2.94. The summed E-state index contributed by atoms with van der Waals surface area (Å²) in [5.41, 5.74) is 3.65. The largest absolute Gasteiger partial charge is 0.496 e. The van der Waals surface area contributed by atoms with E-state index in [-0.39, 0.29) is 12.0 Å². The number of ether oxygens (including phenoxy) is 2. The van der Waals surface area contributed by atoms with E-state index in [4.69, 9.17) is 9.47 Å². The number of aromatic amines is 1. The first-order valence-electron chi connectivity index (χ1n) is 8.65. The SMILES string of the molecule is COc1ccccc1-c1cc(C(=O)N2CCC(Oc3nncs3)CC2)[nH]n1. The number of rotatable bonds is 5. The molecule has 1 saturated heterocycles. The van der Waals surface area contributed by atoms with E-state index >= 15 is 0 Å². The van der Waals surface area contributed by atoms with Gasteiger partial charge in [0.05, 0.1) is 12.8 Å². The average molecular weight is 385 g/mol. The number of hydrogen-bond acceptors (Lipinski definition) is 7. The lowest BCUT2D eigenvalue weighted by Gasteiger charge is -2.31. The first kappa shape index (κ1) is 17.5. The summed E-state index contributed by atoms with van der Waals surface area (Å²) in [5.74, 6) is 0.663. The van der Waals surface area contributed by atoms with Gasteiger partial charge in [0.25, 0.3) is 11.1 Å². The van der Waals surface area contributed by atoms with E-state index in [2.05, 4.69) is 20.4 Å². The molecular weight excluding hydrogens is 366 g/mol. The van der Waals surface area contributed by atoms with Gasteiger partial charge >= 0.3 is 0 Å². The molecule has 9 heteroatoms. The second kappa shape index (κ2) is 7.75. The predicted molar refractivity (Wildman–Crippen MR) is 100 cm³/mol. The third-order valence-corrected chi connectivity index (χ3v) is 5.11. The number of H-pyrrole nitrogens is 1. The minimum atomic E-state index is -0.0574. The number of nitrogens with zero attached hydrogens (tertiary/aromatic N) is 4. The molecule has 1 N–H and O–H groups in total. The standard InChI is InChI=1S/C18H19N5O3S/c1-25-16-5-3-2-4-13(16)14-10-15(21-20-14)17(24)23-8-6-12(7-9-23)26-18-22-19-11-27-18/h2-5,10-12H,6-9H2,1H3,(H,20,21). The quantitative estimate of drug-likeness (QED) is 0.726. The summed E-state index contributed by atoms with van der Waals surface area (Å²) >= 11 is 1.38. The Morgan fingerprint density at radius 2 is 2.11 bits per heavy atom. The molecule has 140 valence electrons. The number of hydrogen-bond donors (Lipinski definition) is 1. The van der Waals surface area contributed by atoms with Crippen LogP contribution in [0.4, 0.5) is 0 Å². The van der Waals surface area contributed by atoms with Crippen LogP contribution in [0, 0.1) is 0 Å². The third kappa shape index (κ3) is 3.77. The van der Waals surface area contributed by atoms with Gasteiger partial charge in [-0.1, -0.05) is 23.5 Å². The number of para-hydroxylation sites is 1. The van der Waals surface area contributed by atoms with Crippen LogP contribution >= 0.6 is 11.3 Å². The van der Waals surface area contributed by atoms with Crippen molar-refractivity contribution in [3.8, 4) is 22.2 Å². The maximum atomic E-state index is 12.8. The summed E-state index contributed by atoms with van der Waals surface area (Å²) in [6.45, 7) is 1.26. The van der Waals surface area contributed by atoms with Crippen LogP contribution in [0.1, 0.15) is 23.3 Å². The van der Waals surface area contributed by atoms with E-state index < -0.39 is 0 Å². The minimum absolute atomic E-state index is 0.0574. The van der Waals surface area contributed by atoms with Gasteiger partial charge in [-0.15, -0.1) is 10.2 Å². The van der Waals surface area contributed by atoms with Crippen LogP contribution in [-0.4, -0.2) is 57.5 Å².